The van der Waals surface area contributed by atoms with Crippen LogP contribution in [-0.2, 0) is 32.7 Å². The molecular formula is C54H106NO9P. The highest BCUT2D eigenvalue weighted by atomic mass is 31.2. The van der Waals surface area contributed by atoms with E-state index >= 15 is 0 Å². The summed E-state index contributed by atoms with van der Waals surface area (Å²) in [4.78, 5) is 33.8. The molecule has 0 aromatic heterocycles. The molecule has 0 radical (unpaired) electrons. The summed E-state index contributed by atoms with van der Waals surface area (Å²) in [7, 11) is -4.62. The molecular weight excluding hydrogens is 838 g/mol. The molecule has 0 aromatic carbocycles. The Bertz CT molecular complexity index is 1090. The molecule has 0 fully saturated rings. The van der Waals surface area contributed by atoms with Gasteiger partial charge < -0.3 is 25.2 Å². The monoisotopic (exact) mass is 944 g/mol. The van der Waals surface area contributed by atoms with Crippen molar-refractivity contribution in [1.29, 1.82) is 0 Å². The summed E-state index contributed by atoms with van der Waals surface area (Å²) in [5, 5.41) is 8.94. The van der Waals surface area contributed by atoms with Gasteiger partial charge in [0.25, 0.3) is 0 Å². The largest absolute Gasteiger partial charge is 0.480 e. The highest BCUT2D eigenvalue weighted by Crippen LogP contribution is 2.43. The minimum atomic E-state index is -4.62. The van der Waals surface area contributed by atoms with Crippen LogP contribution in [0, 0.1) is 0 Å². The number of phosphoric ester groups is 1. The van der Waals surface area contributed by atoms with Crippen molar-refractivity contribution < 1.29 is 42.7 Å². The fraction of sp³-hybridized carbons (Fsp3) is 0.926. The van der Waals surface area contributed by atoms with Gasteiger partial charge in [-0.25, -0.2) is 4.57 Å². The van der Waals surface area contributed by atoms with Crippen molar-refractivity contribution in [3.63, 3.8) is 0 Å². The van der Waals surface area contributed by atoms with E-state index in [-0.39, 0.29) is 13.0 Å². The molecule has 0 rings (SSSR count). The van der Waals surface area contributed by atoms with E-state index < -0.39 is 45.1 Å². The lowest BCUT2D eigenvalue weighted by Gasteiger charge is -2.20. The third kappa shape index (κ3) is 50.4. The number of hydrogen-bond acceptors (Lipinski definition) is 8. The molecule has 3 atom stereocenters. The second kappa shape index (κ2) is 50.6. The first-order valence-electron chi connectivity index (χ1n) is 27.7. The molecule has 11 heteroatoms. The zero-order valence-corrected chi connectivity index (χ0v) is 43.5. The predicted molar refractivity (Wildman–Crippen MR) is 272 cm³/mol. The van der Waals surface area contributed by atoms with E-state index in [4.69, 9.17) is 29.4 Å². The van der Waals surface area contributed by atoms with E-state index in [1.807, 2.05) is 0 Å². The number of carbonyl (C=O) groups excluding carboxylic acids is 1. The molecule has 65 heavy (non-hydrogen) atoms. The first kappa shape index (κ1) is 63.7. The van der Waals surface area contributed by atoms with Gasteiger partial charge in [0.2, 0.25) is 0 Å². The van der Waals surface area contributed by atoms with Gasteiger partial charge in [0.15, 0.2) is 0 Å². The normalized spacial score (nSPS) is 13.7. The number of carbonyl (C=O) groups is 2. The quantitative estimate of drug-likeness (QED) is 0.0232. The predicted octanol–water partition coefficient (Wildman–Crippen LogP) is 16.4. The minimum absolute atomic E-state index is 0.0238. The summed E-state index contributed by atoms with van der Waals surface area (Å²) in [6.45, 7) is 3.96. The lowest BCUT2D eigenvalue weighted by molar-refractivity contribution is -0.154. The second-order valence-corrected chi connectivity index (χ2v) is 20.5. The first-order valence-corrected chi connectivity index (χ1v) is 29.2. The van der Waals surface area contributed by atoms with Crippen molar-refractivity contribution in [2.45, 2.75) is 296 Å². The van der Waals surface area contributed by atoms with Crippen molar-refractivity contribution in [3.05, 3.63) is 12.2 Å². The van der Waals surface area contributed by atoms with Gasteiger partial charge in [-0.15, -0.1) is 0 Å². The van der Waals surface area contributed by atoms with Crippen LogP contribution in [0.4, 0.5) is 0 Å². The Kier molecular flexibility index (Phi) is 49.6. The fourth-order valence-electron chi connectivity index (χ4n) is 8.25. The van der Waals surface area contributed by atoms with Crippen LogP contribution >= 0.6 is 7.82 Å². The lowest BCUT2D eigenvalue weighted by Crippen LogP contribution is -2.34. The van der Waals surface area contributed by atoms with Crippen molar-refractivity contribution in [1.82, 2.24) is 0 Å². The van der Waals surface area contributed by atoms with Crippen molar-refractivity contribution in [2.24, 2.45) is 5.73 Å². The summed E-state index contributed by atoms with van der Waals surface area (Å²) in [5.41, 5.74) is 5.38. The first-order chi connectivity index (χ1) is 31.7. The van der Waals surface area contributed by atoms with Crippen LogP contribution < -0.4 is 5.73 Å². The van der Waals surface area contributed by atoms with Crippen LogP contribution in [-0.4, -0.2) is 60.5 Å². The Morgan fingerprint density at radius 2 is 0.800 bits per heavy atom. The number of allylic oxidation sites excluding steroid dienone is 2. The molecule has 0 spiro atoms. The van der Waals surface area contributed by atoms with Gasteiger partial charge in [0, 0.05) is 13.0 Å². The van der Waals surface area contributed by atoms with Gasteiger partial charge in [0.1, 0.15) is 12.1 Å². The van der Waals surface area contributed by atoms with Crippen LogP contribution in [0.5, 0.6) is 0 Å². The van der Waals surface area contributed by atoms with Crippen molar-refractivity contribution in [2.75, 3.05) is 26.4 Å². The zero-order chi connectivity index (χ0) is 47.6. The fourth-order valence-corrected chi connectivity index (χ4v) is 9.03. The number of carboxylic acids is 1. The number of nitrogens with two attached hydrogens (primary N) is 1. The Morgan fingerprint density at radius 1 is 0.477 bits per heavy atom. The molecule has 4 N–H and O–H groups in total. The second-order valence-electron chi connectivity index (χ2n) is 19.1. The smallest absolute Gasteiger partial charge is 0.472 e. The van der Waals surface area contributed by atoms with E-state index in [9.17, 15) is 19.0 Å². The Labute approximate surface area is 401 Å². The van der Waals surface area contributed by atoms with E-state index in [2.05, 4.69) is 26.0 Å². The number of phosphoric acid groups is 1. The maximum absolute atomic E-state index is 12.7. The number of hydrogen-bond donors (Lipinski definition) is 3. The Balaban J connectivity index is 4.05. The molecule has 0 saturated heterocycles. The van der Waals surface area contributed by atoms with E-state index in [0.29, 0.717) is 6.61 Å². The molecule has 3 unspecified atom stereocenters. The zero-order valence-electron chi connectivity index (χ0n) is 42.6. The molecule has 0 aliphatic heterocycles. The van der Waals surface area contributed by atoms with E-state index in [1.165, 1.54) is 225 Å². The van der Waals surface area contributed by atoms with Gasteiger partial charge in [-0.1, -0.05) is 251 Å². The highest BCUT2D eigenvalue weighted by molar-refractivity contribution is 7.47. The van der Waals surface area contributed by atoms with Crippen molar-refractivity contribution in [3.8, 4) is 0 Å². The summed E-state index contributed by atoms with van der Waals surface area (Å²) < 4.78 is 33.6. The molecule has 0 heterocycles. The topological polar surface area (TPSA) is 155 Å². The van der Waals surface area contributed by atoms with E-state index in [1.54, 1.807) is 0 Å². The third-order valence-electron chi connectivity index (χ3n) is 12.5. The van der Waals surface area contributed by atoms with Crippen LogP contribution in [0.15, 0.2) is 12.2 Å². The molecule has 0 saturated carbocycles. The summed E-state index contributed by atoms with van der Waals surface area (Å²) in [6, 6.07) is -1.47. The molecule has 0 aliphatic carbocycles. The molecule has 0 aliphatic rings. The maximum atomic E-state index is 12.7. The van der Waals surface area contributed by atoms with Gasteiger partial charge >= 0.3 is 19.8 Å². The van der Waals surface area contributed by atoms with Crippen molar-refractivity contribution >= 4 is 19.8 Å². The Hall–Kier alpha value is -1.29. The van der Waals surface area contributed by atoms with Gasteiger partial charge in [0.05, 0.1) is 19.8 Å². The Morgan fingerprint density at radius 3 is 1.17 bits per heavy atom. The average molecular weight is 944 g/mol. The SMILES string of the molecule is CCCCCCCCCC/C=C\CCCCCCCCCCCCCC(=O)OC(COCCCCCCCCCCCCCCCCCCCCCC)COP(=O)(O)OCC(N)C(=O)O. The number of carboxylic acid groups (broad SMARTS) is 1. The number of esters is 1. The number of aliphatic carboxylic acids is 1. The van der Waals surface area contributed by atoms with Gasteiger partial charge in [-0.2, -0.15) is 0 Å². The van der Waals surface area contributed by atoms with Gasteiger partial charge in [-0.05, 0) is 38.5 Å². The van der Waals surface area contributed by atoms with E-state index in [0.717, 1.165) is 38.5 Å². The highest BCUT2D eigenvalue weighted by Gasteiger charge is 2.27. The van der Waals surface area contributed by atoms with Crippen LogP contribution in [0.25, 0.3) is 0 Å². The van der Waals surface area contributed by atoms with Crippen LogP contribution in [0.3, 0.4) is 0 Å². The van der Waals surface area contributed by atoms with Gasteiger partial charge in [-0.3, -0.25) is 18.6 Å². The molecule has 10 nitrogen and oxygen atoms in total. The number of unbranched alkanes of at least 4 members (excludes halogenated alkanes) is 38. The molecule has 0 bridgehead atoms. The maximum Gasteiger partial charge on any atom is 0.472 e. The van der Waals surface area contributed by atoms with Crippen LogP contribution in [0.2, 0.25) is 0 Å². The summed E-state index contributed by atoms with van der Waals surface area (Å²) in [6.07, 6.45) is 57.0. The summed E-state index contributed by atoms with van der Waals surface area (Å²) in [5.74, 6) is -1.76. The molecule has 0 aromatic rings. The average Bonchev–Trinajstić information content (AvgIpc) is 3.29. The summed E-state index contributed by atoms with van der Waals surface area (Å²) >= 11 is 0. The van der Waals surface area contributed by atoms with Crippen LogP contribution in [0.1, 0.15) is 284 Å². The molecule has 386 valence electrons. The lowest BCUT2D eigenvalue weighted by atomic mass is 10.0. The minimum Gasteiger partial charge on any atom is -0.480 e. The number of rotatable bonds is 54. The standard InChI is InChI=1S/C54H106NO9P/c1-3-5-7-9-11-13-15-17-19-21-23-25-26-27-28-30-32-34-36-38-40-42-44-46-53(56)64-51(49-62-65(59,60)63-50-52(55)54(57)58)48-61-47-45-43-41-39-37-35-33-31-29-24-22-20-18-16-14-12-10-8-6-4-2/h21,23,51-52H,3-20,22,24-50,55H2,1-2H3,(H,57,58)(H,59,60)/b23-21-. The third-order valence-corrected chi connectivity index (χ3v) is 13.5. The number of ether oxygens (including phenoxy) is 2. The molecule has 0 amide bonds.